The third kappa shape index (κ3) is 2.31. The number of hydrogen-bond acceptors (Lipinski definition) is 3. The van der Waals surface area contributed by atoms with Gasteiger partial charge in [0.05, 0.1) is 12.2 Å². The van der Waals surface area contributed by atoms with E-state index in [2.05, 4.69) is 25.1 Å². The second kappa shape index (κ2) is 5.73. The molecule has 0 aliphatic heterocycles. The molecule has 138 valence electrons. The topological polar surface area (TPSA) is 60.7 Å². The maximum absolute atomic E-state index is 11.2. The first-order valence-electron chi connectivity index (χ1n) is 9.68. The third-order valence-corrected chi connectivity index (χ3v) is 8.60. The van der Waals surface area contributed by atoms with Gasteiger partial charge in [0.2, 0.25) is 0 Å². The average Bonchev–Trinajstić information content (AvgIpc) is 2.81. The van der Waals surface area contributed by atoms with Crippen LogP contribution in [0, 0.1) is 39.9 Å². The Bertz CT molecular complexity index is 664. The number of aliphatic hydroxyl groups is 3. The molecule has 0 aromatic heterocycles. The van der Waals surface area contributed by atoms with Crippen LogP contribution in [0.15, 0.2) is 11.6 Å². The maximum Gasteiger partial charge on any atom is 0.132 e. The van der Waals surface area contributed by atoms with Crippen LogP contribution in [-0.4, -0.2) is 33.1 Å². The Kier molecular flexibility index (Phi) is 4.10. The van der Waals surface area contributed by atoms with Crippen molar-refractivity contribution in [1.29, 1.82) is 0 Å². The van der Waals surface area contributed by atoms with Gasteiger partial charge in [0.15, 0.2) is 0 Å². The van der Waals surface area contributed by atoms with E-state index in [1.54, 1.807) is 0 Å². The molecular weight excluding hydrogens is 336 g/mol. The Balaban J connectivity index is 1.74. The van der Waals surface area contributed by atoms with Crippen LogP contribution in [-0.2, 0) is 0 Å². The van der Waals surface area contributed by atoms with Gasteiger partial charge in [-0.25, -0.2) is 0 Å². The molecule has 8 atom stereocenters. The summed E-state index contributed by atoms with van der Waals surface area (Å²) in [6.45, 7) is 4.47. The van der Waals surface area contributed by atoms with Gasteiger partial charge < -0.3 is 15.3 Å². The van der Waals surface area contributed by atoms with Crippen molar-refractivity contribution >= 4 is 11.6 Å². The summed E-state index contributed by atoms with van der Waals surface area (Å²) in [6, 6.07) is 0. The summed E-state index contributed by atoms with van der Waals surface area (Å²) in [6.07, 6.45) is 7.22. The molecule has 3 N–H and O–H groups in total. The molecule has 25 heavy (non-hydrogen) atoms. The van der Waals surface area contributed by atoms with Crippen LogP contribution in [0.2, 0.25) is 0 Å². The van der Waals surface area contributed by atoms with Gasteiger partial charge in [0.25, 0.3) is 0 Å². The van der Waals surface area contributed by atoms with E-state index in [1.165, 1.54) is 5.57 Å². The zero-order valence-electron chi connectivity index (χ0n) is 15.1. The Hall–Kier alpha value is -0.530. The van der Waals surface area contributed by atoms with Crippen molar-refractivity contribution in [1.82, 2.24) is 0 Å². The van der Waals surface area contributed by atoms with Crippen LogP contribution < -0.4 is 0 Å². The quantitative estimate of drug-likeness (QED) is 0.457. The summed E-state index contributed by atoms with van der Waals surface area (Å²) in [5.41, 5.74) is -0.0361. The van der Waals surface area contributed by atoms with Crippen LogP contribution >= 0.6 is 11.6 Å². The van der Waals surface area contributed by atoms with E-state index in [-0.39, 0.29) is 28.8 Å². The van der Waals surface area contributed by atoms with Crippen LogP contribution in [0.25, 0.3) is 0 Å². The molecule has 4 heteroatoms. The van der Waals surface area contributed by atoms with Crippen LogP contribution in [0.1, 0.15) is 58.8 Å². The molecule has 4 aliphatic carbocycles. The van der Waals surface area contributed by atoms with E-state index in [9.17, 15) is 15.3 Å². The number of rotatable bonds is 0. The minimum atomic E-state index is -1.04. The molecule has 0 unspecified atom stereocenters. The molecular formula is C21H29ClO3. The Morgan fingerprint density at radius 3 is 2.52 bits per heavy atom. The predicted octanol–water partition coefficient (Wildman–Crippen LogP) is 3.21. The number of fused-ring (bicyclic) bond motifs is 5. The largest absolute Gasteiger partial charge is 0.393 e. The summed E-state index contributed by atoms with van der Waals surface area (Å²) in [4.78, 5) is 0. The van der Waals surface area contributed by atoms with Crippen molar-refractivity contribution in [3.63, 3.8) is 0 Å². The van der Waals surface area contributed by atoms with E-state index >= 15 is 0 Å². The average molecular weight is 365 g/mol. The lowest BCUT2D eigenvalue weighted by molar-refractivity contribution is -0.123. The lowest BCUT2D eigenvalue weighted by Crippen LogP contribution is -2.57. The molecule has 0 aromatic rings. The molecule has 4 rings (SSSR count). The highest BCUT2D eigenvalue weighted by molar-refractivity contribution is 6.30. The molecule has 0 saturated heterocycles. The second-order valence-corrected chi connectivity index (χ2v) is 9.55. The predicted molar refractivity (Wildman–Crippen MR) is 97.7 cm³/mol. The molecule has 3 fully saturated rings. The highest BCUT2D eigenvalue weighted by atomic mass is 35.5. The summed E-state index contributed by atoms with van der Waals surface area (Å²) >= 11 is 5.65. The van der Waals surface area contributed by atoms with Gasteiger partial charge in [-0.1, -0.05) is 31.4 Å². The number of hydrogen-bond donors (Lipinski definition) is 3. The molecule has 0 amide bonds. The standard InChI is InChI=1S/C21H29ClO3/c1-19-6-3-14(23)11-13(19)12-17(24)18-15(19)4-7-20(2)16(18)5-8-21(20,25)9-10-22/h12,14-18,23-25H,3-8,11H2,1-2H3/t14-,15-,16-,17+,18+,19-,20-,21+/m0/s1. The summed E-state index contributed by atoms with van der Waals surface area (Å²) in [7, 11) is 0. The van der Waals surface area contributed by atoms with Gasteiger partial charge in [-0.3, -0.25) is 0 Å². The molecule has 0 bridgehead atoms. The highest BCUT2D eigenvalue weighted by Crippen LogP contribution is 2.67. The molecule has 0 radical (unpaired) electrons. The molecule has 4 aliphatic rings. The molecule has 3 nitrogen and oxygen atoms in total. The van der Waals surface area contributed by atoms with Crippen molar-refractivity contribution in [2.24, 2.45) is 28.6 Å². The van der Waals surface area contributed by atoms with Crippen LogP contribution in [0.5, 0.6) is 0 Å². The Morgan fingerprint density at radius 1 is 1.08 bits per heavy atom. The summed E-state index contributed by atoms with van der Waals surface area (Å²) < 4.78 is 0. The van der Waals surface area contributed by atoms with E-state index in [0.29, 0.717) is 18.8 Å². The van der Waals surface area contributed by atoms with E-state index in [1.807, 2.05) is 6.08 Å². The molecule has 0 heterocycles. The third-order valence-electron chi connectivity index (χ3n) is 8.51. The van der Waals surface area contributed by atoms with Crippen molar-refractivity contribution in [2.75, 3.05) is 0 Å². The lowest BCUT2D eigenvalue weighted by Gasteiger charge is -2.59. The molecule has 0 spiro atoms. The van der Waals surface area contributed by atoms with Crippen molar-refractivity contribution in [3.05, 3.63) is 11.6 Å². The first kappa shape index (κ1) is 17.9. The van der Waals surface area contributed by atoms with E-state index in [4.69, 9.17) is 11.6 Å². The second-order valence-electron chi connectivity index (χ2n) is 9.36. The Labute approximate surface area is 155 Å². The van der Waals surface area contributed by atoms with Crippen molar-refractivity contribution < 1.29 is 15.3 Å². The lowest BCUT2D eigenvalue weighted by atomic mass is 9.46. The fourth-order valence-electron chi connectivity index (χ4n) is 6.93. The molecule has 0 aromatic carbocycles. The van der Waals surface area contributed by atoms with Gasteiger partial charge in [0.1, 0.15) is 5.60 Å². The minimum Gasteiger partial charge on any atom is -0.393 e. The first-order chi connectivity index (χ1) is 11.7. The van der Waals surface area contributed by atoms with E-state index < -0.39 is 11.7 Å². The smallest absolute Gasteiger partial charge is 0.132 e. The van der Waals surface area contributed by atoms with E-state index in [0.717, 1.165) is 32.1 Å². The van der Waals surface area contributed by atoms with Crippen LogP contribution in [0.3, 0.4) is 0 Å². The molecule has 3 saturated carbocycles. The fourth-order valence-corrected chi connectivity index (χ4v) is 7.09. The summed E-state index contributed by atoms with van der Waals surface area (Å²) in [5, 5.41) is 34.7. The fraction of sp³-hybridized carbons (Fsp3) is 0.810. The van der Waals surface area contributed by atoms with Gasteiger partial charge in [-0.15, -0.1) is 0 Å². The summed E-state index contributed by atoms with van der Waals surface area (Å²) in [5.74, 6) is 3.72. The van der Waals surface area contributed by atoms with Crippen molar-refractivity contribution in [3.8, 4) is 11.3 Å². The maximum atomic E-state index is 11.2. The van der Waals surface area contributed by atoms with Gasteiger partial charge in [-0.2, -0.15) is 0 Å². The van der Waals surface area contributed by atoms with Crippen molar-refractivity contribution in [2.45, 2.75) is 76.6 Å². The SMILES string of the molecule is C[C@]12CC[C@H](O)CC1=C[C@@H](O)[C@@H]1[C@@H]2CC[C@@]2(C)[C@H]1CC[C@@]2(O)C#CCl. The highest BCUT2D eigenvalue weighted by Gasteiger charge is 2.65. The number of halogens is 1. The van der Waals surface area contributed by atoms with Gasteiger partial charge in [0, 0.05) is 10.8 Å². The van der Waals surface area contributed by atoms with Gasteiger partial charge >= 0.3 is 0 Å². The van der Waals surface area contributed by atoms with Gasteiger partial charge in [-0.05, 0) is 79.7 Å². The minimum absolute atomic E-state index is 0.0727. The Morgan fingerprint density at radius 2 is 1.80 bits per heavy atom. The zero-order chi connectivity index (χ0) is 18.0. The number of aliphatic hydroxyl groups excluding tert-OH is 2. The first-order valence-corrected chi connectivity index (χ1v) is 10.1. The van der Waals surface area contributed by atoms with Crippen LogP contribution in [0.4, 0.5) is 0 Å². The monoisotopic (exact) mass is 364 g/mol. The normalized spacial score (nSPS) is 54.5. The zero-order valence-corrected chi connectivity index (χ0v) is 15.9.